The monoisotopic (exact) mass is 113 g/mol. The van der Waals surface area contributed by atoms with Crippen molar-refractivity contribution in [3.8, 4) is 0 Å². The summed E-state index contributed by atoms with van der Waals surface area (Å²) in [5.74, 6) is 1.56. The fourth-order valence-electron chi connectivity index (χ4n) is 0.793. The van der Waals surface area contributed by atoms with Gasteiger partial charge in [0, 0.05) is 0 Å². The third-order valence-corrected chi connectivity index (χ3v) is 1.36. The van der Waals surface area contributed by atoms with Crippen LogP contribution in [0.4, 0.5) is 0 Å². The van der Waals surface area contributed by atoms with Gasteiger partial charge in [-0.25, -0.2) is 0 Å². The van der Waals surface area contributed by atoms with Crippen LogP contribution in [0.1, 0.15) is 34.1 Å². The molecule has 0 nitrogen and oxygen atoms in total. The van der Waals surface area contributed by atoms with Crippen LogP contribution in [0.5, 0.6) is 0 Å². The fraction of sp³-hybridized carbons (Fsp3) is 0.875. The second-order valence-electron chi connectivity index (χ2n) is 2.82. The standard InChI is InChI=1S/C8H17/c1-5-8(4)6-7(2)3/h6-8H,5H2,1-4H3. The summed E-state index contributed by atoms with van der Waals surface area (Å²) >= 11 is 0. The lowest BCUT2D eigenvalue weighted by Gasteiger charge is -2.09. The van der Waals surface area contributed by atoms with Crippen molar-refractivity contribution >= 4 is 0 Å². The second-order valence-corrected chi connectivity index (χ2v) is 2.82. The van der Waals surface area contributed by atoms with Gasteiger partial charge in [-0.3, -0.25) is 0 Å². The smallest absolute Gasteiger partial charge is 0.0332 e. The van der Waals surface area contributed by atoms with Gasteiger partial charge in [0.2, 0.25) is 0 Å². The molecule has 0 saturated carbocycles. The third kappa shape index (κ3) is 4.17. The quantitative estimate of drug-likeness (QED) is 0.528. The number of hydrogen-bond donors (Lipinski definition) is 0. The Bertz CT molecular complexity index is 46.0. The molecular formula is C8H17. The van der Waals surface area contributed by atoms with Crippen LogP contribution in [-0.4, -0.2) is 0 Å². The fourth-order valence-corrected chi connectivity index (χ4v) is 0.793. The molecule has 0 spiro atoms. The van der Waals surface area contributed by atoms with Crippen molar-refractivity contribution in [1.29, 1.82) is 0 Å². The van der Waals surface area contributed by atoms with Crippen LogP contribution < -0.4 is 0 Å². The predicted molar refractivity (Wildman–Crippen MR) is 38.6 cm³/mol. The van der Waals surface area contributed by atoms with Crippen molar-refractivity contribution in [1.82, 2.24) is 0 Å². The van der Waals surface area contributed by atoms with Gasteiger partial charge in [0.25, 0.3) is 0 Å². The molecule has 0 aromatic heterocycles. The molecule has 1 radical (unpaired) electrons. The van der Waals surface area contributed by atoms with E-state index in [4.69, 9.17) is 0 Å². The zero-order chi connectivity index (χ0) is 6.57. The molecule has 0 bridgehead atoms. The average Bonchev–Trinajstić information content (AvgIpc) is 1.65. The summed E-state index contributed by atoms with van der Waals surface area (Å²) < 4.78 is 0. The van der Waals surface area contributed by atoms with Crippen LogP contribution in [0.2, 0.25) is 0 Å². The van der Waals surface area contributed by atoms with Gasteiger partial charge in [0.15, 0.2) is 0 Å². The van der Waals surface area contributed by atoms with Gasteiger partial charge >= 0.3 is 0 Å². The summed E-state index contributed by atoms with van der Waals surface area (Å²) in [4.78, 5) is 0. The van der Waals surface area contributed by atoms with Crippen molar-refractivity contribution in [2.75, 3.05) is 0 Å². The molecule has 0 aromatic rings. The van der Waals surface area contributed by atoms with Crippen molar-refractivity contribution in [2.45, 2.75) is 34.1 Å². The van der Waals surface area contributed by atoms with Crippen LogP contribution in [0, 0.1) is 18.3 Å². The Morgan fingerprint density at radius 3 is 1.88 bits per heavy atom. The summed E-state index contributed by atoms with van der Waals surface area (Å²) in [6.07, 6.45) is 3.66. The van der Waals surface area contributed by atoms with Gasteiger partial charge in [0.05, 0.1) is 0 Å². The predicted octanol–water partition coefficient (Wildman–Crippen LogP) is 2.89. The minimum atomic E-state index is 0.755. The van der Waals surface area contributed by atoms with Crippen molar-refractivity contribution < 1.29 is 0 Å². The molecule has 0 aliphatic carbocycles. The lowest BCUT2D eigenvalue weighted by atomic mass is 9.97. The van der Waals surface area contributed by atoms with Gasteiger partial charge in [-0.1, -0.05) is 34.1 Å². The zero-order valence-corrected chi connectivity index (χ0v) is 6.44. The maximum atomic E-state index is 2.39. The molecule has 0 heterocycles. The van der Waals surface area contributed by atoms with Crippen LogP contribution >= 0.6 is 0 Å². The molecule has 0 aliphatic rings. The van der Waals surface area contributed by atoms with Crippen LogP contribution in [0.15, 0.2) is 0 Å². The highest BCUT2D eigenvalue weighted by molar-refractivity contribution is 4.74. The molecule has 49 valence electrons. The second kappa shape index (κ2) is 3.94. The van der Waals surface area contributed by atoms with Crippen molar-refractivity contribution in [3.05, 3.63) is 6.42 Å². The first-order chi connectivity index (χ1) is 3.66. The van der Waals surface area contributed by atoms with E-state index >= 15 is 0 Å². The molecule has 0 amide bonds. The molecule has 0 N–H and O–H groups in total. The Balaban J connectivity index is 3.10. The topological polar surface area (TPSA) is 0 Å². The third-order valence-electron chi connectivity index (χ3n) is 1.36. The van der Waals surface area contributed by atoms with E-state index in [0.717, 1.165) is 11.8 Å². The first-order valence-corrected chi connectivity index (χ1v) is 3.51. The van der Waals surface area contributed by atoms with Crippen LogP contribution in [-0.2, 0) is 0 Å². The van der Waals surface area contributed by atoms with E-state index in [0.29, 0.717) is 0 Å². The lowest BCUT2D eigenvalue weighted by Crippen LogP contribution is -1.98. The number of rotatable bonds is 3. The highest BCUT2D eigenvalue weighted by atomic mass is 14.1. The van der Waals surface area contributed by atoms with E-state index < -0.39 is 0 Å². The van der Waals surface area contributed by atoms with E-state index in [1.165, 1.54) is 6.42 Å². The molecule has 0 aliphatic heterocycles. The van der Waals surface area contributed by atoms with E-state index in [9.17, 15) is 0 Å². The first-order valence-electron chi connectivity index (χ1n) is 3.51. The molecule has 0 rings (SSSR count). The van der Waals surface area contributed by atoms with Gasteiger partial charge in [0.1, 0.15) is 0 Å². The average molecular weight is 113 g/mol. The Morgan fingerprint density at radius 1 is 1.25 bits per heavy atom. The molecule has 0 fully saturated rings. The molecule has 1 atom stereocenters. The van der Waals surface area contributed by atoms with E-state index in [-0.39, 0.29) is 0 Å². The van der Waals surface area contributed by atoms with Crippen LogP contribution in [0.25, 0.3) is 0 Å². The largest absolute Gasteiger partial charge is 0.0651 e. The normalized spacial score (nSPS) is 14.6. The van der Waals surface area contributed by atoms with E-state index in [1.54, 1.807) is 0 Å². The maximum Gasteiger partial charge on any atom is -0.0332 e. The van der Waals surface area contributed by atoms with Gasteiger partial charge < -0.3 is 0 Å². The van der Waals surface area contributed by atoms with E-state index in [1.807, 2.05) is 0 Å². The zero-order valence-electron chi connectivity index (χ0n) is 6.44. The molecule has 8 heavy (non-hydrogen) atoms. The molecular weight excluding hydrogens is 96.1 g/mol. The van der Waals surface area contributed by atoms with Crippen molar-refractivity contribution in [2.24, 2.45) is 11.8 Å². The lowest BCUT2D eigenvalue weighted by molar-refractivity contribution is 0.558. The summed E-state index contributed by atoms with van der Waals surface area (Å²) in [7, 11) is 0. The Kier molecular flexibility index (Phi) is 3.94. The minimum absolute atomic E-state index is 0.755. The summed E-state index contributed by atoms with van der Waals surface area (Å²) in [6, 6.07) is 0. The summed E-state index contributed by atoms with van der Waals surface area (Å²) in [6.45, 7) is 8.95. The molecule has 1 unspecified atom stereocenters. The van der Waals surface area contributed by atoms with Crippen molar-refractivity contribution in [3.63, 3.8) is 0 Å². The van der Waals surface area contributed by atoms with E-state index in [2.05, 4.69) is 34.1 Å². The minimum Gasteiger partial charge on any atom is -0.0651 e. The highest BCUT2D eigenvalue weighted by Gasteiger charge is 2.00. The van der Waals surface area contributed by atoms with Gasteiger partial charge in [-0.15, -0.1) is 0 Å². The molecule has 0 aromatic carbocycles. The van der Waals surface area contributed by atoms with Crippen LogP contribution in [0.3, 0.4) is 0 Å². The Labute approximate surface area is 53.3 Å². The summed E-state index contributed by atoms with van der Waals surface area (Å²) in [5, 5.41) is 0. The van der Waals surface area contributed by atoms with Gasteiger partial charge in [-0.05, 0) is 18.3 Å². The summed E-state index contributed by atoms with van der Waals surface area (Å²) in [5.41, 5.74) is 0. The molecule has 0 heteroatoms. The Hall–Kier alpha value is 0. The van der Waals surface area contributed by atoms with Gasteiger partial charge in [-0.2, -0.15) is 0 Å². The first kappa shape index (κ1) is 8.00. The molecule has 0 saturated heterocycles. The highest BCUT2D eigenvalue weighted by Crippen LogP contribution is 2.11. The number of hydrogen-bond acceptors (Lipinski definition) is 0. The maximum absolute atomic E-state index is 2.39. The SMILES string of the molecule is CCC(C)[CH]C(C)C. The Morgan fingerprint density at radius 2 is 1.75 bits per heavy atom.